The van der Waals surface area contributed by atoms with E-state index in [-0.39, 0.29) is 0 Å². The highest BCUT2D eigenvalue weighted by molar-refractivity contribution is 5.96. The van der Waals surface area contributed by atoms with Gasteiger partial charge in [0.15, 0.2) is 0 Å². The van der Waals surface area contributed by atoms with Crippen LogP contribution >= 0.6 is 0 Å². The molecule has 2 heterocycles. The maximum absolute atomic E-state index is 5.21. The van der Waals surface area contributed by atoms with Gasteiger partial charge in [0, 0.05) is 50.6 Å². The largest absolute Gasteiger partial charge is 0.385 e. The van der Waals surface area contributed by atoms with Crippen molar-refractivity contribution < 1.29 is 4.74 Å². The molecule has 1 fully saturated rings. The second kappa shape index (κ2) is 7.19. The highest BCUT2D eigenvalue weighted by atomic mass is 16.5. The number of aromatic nitrogens is 1. The predicted molar refractivity (Wildman–Crippen MR) is 93.9 cm³/mol. The first-order chi connectivity index (χ1) is 10.8. The summed E-state index contributed by atoms with van der Waals surface area (Å²) < 4.78 is 7.62. The summed E-state index contributed by atoms with van der Waals surface area (Å²) in [6.45, 7) is 6.54. The molecule has 3 heteroatoms. The molecule has 2 aromatic rings. The van der Waals surface area contributed by atoms with Gasteiger partial charge in [-0.05, 0) is 49.8 Å². The van der Waals surface area contributed by atoms with E-state index in [4.69, 9.17) is 4.74 Å². The molecule has 1 aliphatic rings. The fraction of sp³-hybridized carbons (Fsp3) is 0.579. The van der Waals surface area contributed by atoms with Gasteiger partial charge in [-0.3, -0.25) is 0 Å². The van der Waals surface area contributed by atoms with Gasteiger partial charge in [0.1, 0.15) is 0 Å². The molecular formula is C19H28N2O. The summed E-state index contributed by atoms with van der Waals surface area (Å²) in [7, 11) is 1.78. The Balaban J connectivity index is 1.98. The molecule has 1 aliphatic heterocycles. The van der Waals surface area contributed by atoms with E-state index in [9.17, 15) is 0 Å². The van der Waals surface area contributed by atoms with Gasteiger partial charge in [0.05, 0.1) is 5.52 Å². The molecule has 0 spiro atoms. The van der Waals surface area contributed by atoms with Crippen LogP contribution in [0.3, 0.4) is 0 Å². The molecule has 22 heavy (non-hydrogen) atoms. The molecule has 1 aromatic carbocycles. The van der Waals surface area contributed by atoms with Gasteiger partial charge in [-0.25, -0.2) is 0 Å². The van der Waals surface area contributed by atoms with Crippen LogP contribution in [0.4, 0.5) is 5.69 Å². The van der Waals surface area contributed by atoms with Crippen molar-refractivity contribution in [1.29, 1.82) is 0 Å². The van der Waals surface area contributed by atoms with Crippen LogP contribution in [-0.2, 0) is 17.7 Å². The molecule has 0 amide bonds. The van der Waals surface area contributed by atoms with Crippen molar-refractivity contribution in [3.8, 4) is 0 Å². The molecule has 120 valence electrons. The van der Waals surface area contributed by atoms with Crippen molar-refractivity contribution in [2.24, 2.45) is 0 Å². The number of fused-ring (bicyclic) bond motifs is 1. The van der Waals surface area contributed by atoms with Crippen LogP contribution in [0.15, 0.2) is 24.4 Å². The van der Waals surface area contributed by atoms with Crippen LogP contribution in [0.1, 0.15) is 38.2 Å². The summed E-state index contributed by atoms with van der Waals surface area (Å²) in [6.07, 6.45) is 8.55. The van der Waals surface area contributed by atoms with Gasteiger partial charge >= 0.3 is 0 Å². The number of rotatable bonds is 6. The number of methoxy groups -OCH3 is 1. The number of hydrogen-bond acceptors (Lipinski definition) is 2. The van der Waals surface area contributed by atoms with Gasteiger partial charge in [0.25, 0.3) is 0 Å². The molecule has 0 bridgehead atoms. The third-order valence-corrected chi connectivity index (χ3v) is 4.79. The lowest BCUT2D eigenvalue weighted by Crippen LogP contribution is -2.29. The Morgan fingerprint density at radius 2 is 1.95 bits per heavy atom. The van der Waals surface area contributed by atoms with E-state index in [1.165, 1.54) is 54.5 Å². The first kappa shape index (κ1) is 15.4. The summed E-state index contributed by atoms with van der Waals surface area (Å²) in [6, 6.07) is 6.81. The number of benzene rings is 1. The molecule has 1 saturated heterocycles. The number of aryl methyl sites for hydroxylation is 2. The summed E-state index contributed by atoms with van der Waals surface area (Å²) >= 11 is 0. The van der Waals surface area contributed by atoms with E-state index in [1.54, 1.807) is 7.11 Å². The normalized spacial score (nSPS) is 15.6. The number of piperidine rings is 1. The van der Waals surface area contributed by atoms with E-state index >= 15 is 0 Å². The lowest BCUT2D eigenvalue weighted by atomic mass is 10.1. The summed E-state index contributed by atoms with van der Waals surface area (Å²) in [5.74, 6) is 0. The molecule has 0 aliphatic carbocycles. The third-order valence-electron chi connectivity index (χ3n) is 4.79. The summed E-state index contributed by atoms with van der Waals surface area (Å²) in [5.41, 5.74) is 4.31. The Morgan fingerprint density at radius 1 is 1.14 bits per heavy atom. The standard InChI is InChI=1S/C19H28N2O/c1-3-16-15-21(13-8-14-22-2)18-10-7-9-17(19(16)18)20-11-5-4-6-12-20/h7,9-10,15H,3-6,8,11-14H2,1-2H3. The quantitative estimate of drug-likeness (QED) is 0.743. The highest BCUT2D eigenvalue weighted by Crippen LogP contribution is 2.33. The molecule has 3 rings (SSSR count). The molecule has 3 nitrogen and oxygen atoms in total. The van der Waals surface area contributed by atoms with Crippen LogP contribution in [-0.4, -0.2) is 31.4 Å². The Hall–Kier alpha value is -1.48. The van der Waals surface area contributed by atoms with Gasteiger partial charge in [-0.15, -0.1) is 0 Å². The Labute approximate surface area is 133 Å². The SMILES string of the molecule is CCc1cn(CCCOC)c2cccc(N3CCCCC3)c12. The molecular weight excluding hydrogens is 272 g/mol. The van der Waals surface area contributed by atoms with Crippen LogP contribution in [0.5, 0.6) is 0 Å². The molecule has 0 radical (unpaired) electrons. The average Bonchev–Trinajstić information content (AvgIpc) is 2.94. The lowest BCUT2D eigenvalue weighted by Gasteiger charge is -2.29. The minimum atomic E-state index is 0.826. The van der Waals surface area contributed by atoms with Crippen molar-refractivity contribution in [2.45, 2.75) is 45.6 Å². The zero-order chi connectivity index (χ0) is 15.4. The Kier molecular flexibility index (Phi) is 5.04. The van der Waals surface area contributed by atoms with Crippen molar-refractivity contribution in [3.63, 3.8) is 0 Å². The number of nitrogens with zero attached hydrogens (tertiary/aromatic N) is 2. The first-order valence-corrected chi connectivity index (χ1v) is 8.69. The second-order valence-corrected chi connectivity index (χ2v) is 6.27. The van der Waals surface area contributed by atoms with E-state index in [0.29, 0.717) is 0 Å². The van der Waals surface area contributed by atoms with E-state index < -0.39 is 0 Å². The van der Waals surface area contributed by atoms with Crippen molar-refractivity contribution >= 4 is 16.6 Å². The monoisotopic (exact) mass is 300 g/mol. The van der Waals surface area contributed by atoms with Gasteiger partial charge in [-0.2, -0.15) is 0 Å². The number of ether oxygens (including phenoxy) is 1. The minimum Gasteiger partial charge on any atom is -0.385 e. The third kappa shape index (κ3) is 3.00. The summed E-state index contributed by atoms with van der Waals surface area (Å²) in [4.78, 5) is 2.59. The van der Waals surface area contributed by atoms with Gasteiger partial charge < -0.3 is 14.2 Å². The summed E-state index contributed by atoms with van der Waals surface area (Å²) in [5, 5.41) is 1.48. The fourth-order valence-electron chi connectivity index (χ4n) is 3.65. The second-order valence-electron chi connectivity index (χ2n) is 6.27. The number of hydrogen-bond donors (Lipinski definition) is 0. The zero-order valence-electron chi connectivity index (χ0n) is 14.0. The predicted octanol–water partition coefficient (Wildman–Crippen LogP) is 4.23. The lowest BCUT2D eigenvalue weighted by molar-refractivity contribution is 0.190. The van der Waals surface area contributed by atoms with E-state index in [2.05, 4.69) is 40.8 Å². The molecule has 1 aromatic heterocycles. The van der Waals surface area contributed by atoms with Crippen LogP contribution in [0.2, 0.25) is 0 Å². The smallest absolute Gasteiger partial charge is 0.0504 e. The van der Waals surface area contributed by atoms with Crippen LogP contribution in [0.25, 0.3) is 10.9 Å². The van der Waals surface area contributed by atoms with E-state index in [0.717, 1.165) is 26.0 Å². The fourth-order valence-corrected chi connectivity index (χ4v) is 3.65. The van der Waals surface area contributed by atoms with E-state index in [1.807, 2.05) is 0 Å². The van der Waals surface area contributed by atoms with Gasteiger partial charge in [0.2, 0.25) is 0 Å². The maximum Gasteiger partial charge on any atom is 0.0504 e. The van der Waals surface area contributed by atoms with Crippen LogP contribution < -0.4 is 4.90 Å². The Morgan fingerprint density at radius 3 is 2.68 bits per heavy atom. The molecule has 0 N–H and O–H groups in total. The zero-order valence-corrected chi connectivity index (χ0v) is 14.0. The first-order valence-electron chi connectivity index (χ1n) is 8.69. The topological polar surface area (TPSA) is 17.4 Å². The van der Waals surface area contributed by atoms with Crippen molar-refractivity contribution in [3.05, 3.63) is 30.0 Å². The Bertz CT molecular complexity index is 611. The average molecular weight is 300 g/mol. The van der Waals surface area contributed by atoms with Crippen LogP contribution in [0, 0.1) is 0 Å². The van der Waals surface area contributed by atoms with Crippen molar-refractivity contribution in [1.82, 2.24) is 4.57 Å². The maximum atomic E-state index is 5.21. The van der Waals surface area contributed by atoms with Crippen molar-refractivity contribution in [2.75, 3.05) is 31.7 Å². The minimum absolute atomic E-state index is 0.826. The molecule has 0 saturated carbocycles. The highest BCUT2D eigenvalue weighted by Gasteiger charge is 2.17. The molecule has 0 unspecified atom stereocenters. The number of anilines is 1. The molecule has 0 atom stereocenters. The van der Waals surface area contributed by atoms with Gasteiger partial charge in [-0.1, -0.05) is 13.0 Å².